The Balaban J connectivity index is 1.57. The quantitative estimate of drug-likeness (QED) is 0.503. The van der Waals surface area contributed by atoms with Crippen LogP contribution in [0.4, 0.5) is 9.80 Å². The number of imide groups is 1. The van der Waals surface area contributed by atoms with Crippen LogP contribution in [0.2, 0.25) is 0 Å². The number of aryl methyl sites for hydroxylation is 1. The number of anilines is 1. The molecule has 1 aromatic carbocycles. The van der Waals surface area contributed by atoms with Crippen molar-refractivity contribution in [2.24, 2.45) is 0 Å². The van der Waals surface area contributed by atoms with Crippen LogP contribution in [0.25, 0.3) is 0 Å². The molecule has 0 radical (unpaired) electrons. The summed E-state index contributed by atoms with van der Waals surface area (Å²) in [7, 11) is 2.38. The number of urea groups is 1. The third-order valence-corrected chi connectivity index (χ3v) is 7.07. The molecule has 1 fully saturated rings. The number of carbonyl (C=O) groups excluding carboxylic acids is 5. The van der Waals surface area contributed by atoms with Gasteiger partial charge in [-0.05, 0) is 36.5 Å². The van der Waals surface area contributed by atoms with Crippen LogP contribution >= 0.6 is 11.3 Å². The van der Waals surface area contributed by atoms with Gasteiger partial charge in [0.25, 0.3) is 5.91 Å². The number of nitrogens with zero attached hydrogens (tertiary/aromatic N) is 1. The fourth-order valence-corrected chi connectivity index (χ4v) is 5.41. The molecule has 11 heteroatoms. The van der Waals surface area contributed by atoms with Crippen LogP contribution in [0, 0.1) is 6.92 Å². The highest BCUT2D eigenvalue weighted by Gasteiger charge is 2.55. The van der Waals surface area contributed by atoms with Crippen molar-refractivity contribution in [1.29, 1.82) is 0 Å². The van der Waals surface area contributed by atoms with Gasteiger partial charge in [0.1, 0.15) is 22.0 Å². The summed E-state index contributed by atoms with van der Waals surface area (Å²) in [5.74, 6) is -2.62. The smallest absolute Gasteiger partial charge is 0.348 e. The maximum atomic E-state index is 13.2. The second-order valence-electron chi connectivity index (χ2n) is 7.68. The van der Waals surface area contributed by atoms with E-state index in [1.165, 1.54) is 21.1 Å². The first-order chi connectivity index (χ1) is 15.7. The minimum absolute atomic E-state index is 0.00893. The molecule has 2 aromatic rings. The summed E-state index contributed by atoms with van der Waals surface area (Å²) < 4.78 is 9.49. The van der Waals surface area contributed by atoms with Crippen LogP contribution in [-0.4, -0.2) is 55.4 Å². The number of hydrogen-bond acceptors (Lipinski definition) is 8. The van der Waals surface area contributed by atoms with Crippen molar-refractivity contribution < 1.29 is 33.4 Å². The normalized spacial score (nSPS) is 18.8. The van der Waals surface area contributed by atoms with E-state index in [-0.39, 0.29) is 15.4 Å². The Morgan fingerprint density at radius 2 is 1.85 bits per heavy atom. The Kier molecular flexibility index (Phi) is 5.66. The van der Waals surface area contributed by atoms with Crippen molar-refractivity contribution in [2.75, 3.05) is 26.1 Å². The molecule has 1 atom stereocenters. The van der Waals surface area contributed by atoms with E-state index in [0.29, 0.717) is 18.4 Å². The van der Waals surface area contributed by atoms with Crippen molar-refractivity contribution in [3.05, 3.63) is 51.4 Å². The molecule has 1 saturated heterocycles. The Morgan fingerprint density at radius 1 is 1.15 bits per heavy atom. The molecule has 2 aliphatic rings. The van der Waals surface area contributed by atoms with Gasteiger partial charge in [0.15, 0.2) is 0 Å². The molecule has 1 spiro atoms. The van der Waals surface area contributed by atoms with Crippen molar-refractivity contribution in [1.82, 2.24) is 10.2 Å². The zero-order valence-corrected chi connectivity index (χ0v) is 19.0. The molecule has 33 heavy (non-hydrogen) atoms. The average molecular weight is 471 g/mol. The summed E-state index contributed by atoms with van der Waals surface area (Å²) in [6.07, 6.45) is 1.05. The van der Waals surface area contributed by atoms with Crippen molar-refractivity contribution in [3.63, 3.8) is 0 Å². The lowest BCUT2D eigenvalue weighted by Gasteiger charge is -2.22. The third-order valence-electron chi connectivity index (χ3n) is 5.88. The number of thiophene rings is 1. The molecule has 10 nitrogen and oxygen atoms in total. The van der Waals surface area contributed by atoms with Crippen LogP contribution in [0.5, 0.6) is 0 Å². The summed E-state index contributed by atoms with van der Waals surface area (Å²) in [5.41, 5.74) is 0.837. The van der Waals surface area contributed by atoms with Crippen LogP contribution in [0.15, 0.2) is 24.3 Å². The monoisotopic (exact) mass is 471 g/mol. The highest BCUT2D eigenvalue weighted by atomic mass is 32.1. The lowest BCUT2D eigenvalue weighted by atomic mass is 9.92. The maximum absolute atomic E-state index is 13.2. The van der Waals surface area contributed by atoms with Crippen LogP contribution < -0.4 is 10.6 Å². The average Bonchev–Trinajstić information content (AvgIpc) is 3.41. The predicted octanol–water partition coefficient (Wildman–Crippen LogP) is 1.96. The molecule has 0 bridgehead atoms. The van der Waals surface area contributed by atoms with E-state index in [1.807, 2.05) is 12.1 Å². The van der Waals surface area contributed by atoms with Crippen molar-refractivity contribution >= 4 is 46.1 Å². The van der Waals surface area contributed by atoms with E-state index in [9.17, 15) is 24.0 Å². The molecule has 4 amide bonds. The summed E-state index contributed by atoms with van der Waals surface area (Å²) >= 11 is 0.849. The third kappa shape index (κ3) is 3.54. The molecule has 0 saturated carbocycles. The SMILES string of the molecule is COC(=O)c1sc(NC(=O)CN2C(=O)NC3(CCc4ccccc43)C2=O)c(C(=O)OC)c1C. The van der Waals surface area contributed by atoms with Gasteiger partial charge in [-0.15, -0.1) is 11.3 Å². The Labute approximate surface area is 192 Å². The number of esters is 2. The molecule has 4 rings (SSSR count). The highest BCUT2D eigenvalue weighted by Crippen LogP contribution is 2.41. The van der Waals surface area contributed by atoms with E-state index in [2.05, 4.69) is 10.6 Å². The number of amides is 4. The topological polar surface area (TPSA) is 131 Å². The summed E-state index contributed by atoms with van der Waals surface area (Å²) in [4.78, 5) is 63.9. The van der Waals surface area contributed by atoms with Gasteiger partial charge in [0, 0.05) is 0 Å². The van der Waals surface area contributed by atoms with Gasteiger partial charge < -0.3 is 20.1 Å². The second kappa shape index (κ2) is 8.32. The molecule has 1 aromatic heterocycles. The number of rotatable bonds is 5. The maximum Gasteiger partial charge on any atom is 0.348 e. The van der Waals surface area contributed by atoms with E-state index >= 15 is 0 Å². The van der Waals surface area contributed by atoms with E-state index in [0.717, 1.165) is 27.4 Å². The molecule has 1 unspecified atom stereocenters. The Morgan fingerprint density at radius 3 is 2.55 bits per heavy atom. The number of benzene rings is 1. The Bertz CT molecular complexity index is 1200. The molecule has 1 aliphatic carbocycles. The zero-order valence-electron chi connectivity index (χ0n) is 18.1. The van der Waals surface area contributed by atoms with Gasteiger partial charge in [-0.3, -0.25) is 14.5 Å². The first-order valence-electron chi connectivity index (χ1n) is 10.1. The van der Waals surface area contributed by atoms with Gasteiger partial charge in [-0.25, -0.2) is 14.4 Å². The van der Waals surface area contributed by atoms with Gasteiger partial charge in [0.05, 0.1) is 19.8 Å². The number of ether oxygens (including phenoxy) is 2. The predicted molar refractivity (Wildman–Crippen MR) is 117 cm³/mol. The lowest BCUT2D eigenvalue weighted by Crippen LogP contribution is -2.43. The minimum Gasteiger partial charge on any atom is -0.465 e. The highest BCUT2D eigenvalue weighted by molar-refractivity contribution is 7.18. The molecule has 1 aliphatic heterocycles. The van der Waals surface area contributed by atoms with Gasteiger partial charge >= 0.3 is 18.0 Å². The van der Waals surface area contributed by atoms with Crippen LogP contribution in [0.3, 0.4) is 0 Å². The standard InChI is InChI=1S/C22H21N3O7S/c1-11-15(18(27)31-2)17(33-16(11)19(28)32-3)23-14(26)10-25-20(29)22(24-21(25)30)9-8-12-6-4-5-7-13(12)22/h4-7H,8-10H2,1-3H3,(H,23,26)(H,24,30). The number of methoxy groups -OCH3 is 2. The largest absolute Gasteiger partial charge is 0.465 e. The number of fused-ring (bicyclic) bond motifs is 2. The number of nitrogens with one attached hydrogen (secondary N) is 2. The van der Waals surface area contributed by atoms with Crippen molar-refractivity contribution in [2.45, 2.75) is 25.3 Å². The molecule has 2 N–H and O–H groups in total. The zero-order chi connectivity index (χ0) is 23.9. The summed E-state index contributed by atoms with van der Waals surface area (Å²) in [5, 5.41) is 5.35. The molecular formula is C22H21N3O7S. The van der Waals surface area contributed by atoms with Crippen LogP contribution in [0.1, 0.15) is 43.1 Å². The number of hydrogen-bond donors (Lipinski definition) is 2. The van der Waals surface area contributed by atoms with Gasteiger partial charge in [-0.2, -0.15) is 0 Å². The first kappa shape index (κ1) is 22.5. The molecular weight excluding hydrogens is 450 g/mol. The fraction of sp³-hybridized carbons (Fsp3) is 0.318. The van der Waals surface area contributed by atoms with E-state index in [1.54, 1.807) is 12.1 Å². The van der Waals surface area contributed by atoms with Gasteiger partial charge in [0.2, 0.25) is 5.91 Å². The number of carbonyl (C=O) groups is 5. The first-order valence-corrected chi connectivity index (χ1v) is 10.9. The van der Waals surface area contributed by atoms with Gasteiger partial charge in [-0.1, -0.05) is 24.3 Å². The fourth-order valence-electron chi connectivity index (χ4n) is 4.28. The van der Waals surface area contributed by atoms with Crippen LogP contribution in [-0.2, 0) is 31.0 Å². The van der Waals surface area contributed by atoms with E-state index < -0.39 is 41.9 Å². The Hall–Kier alpha value is -3.73. The molecule has 2 heterocycles. The molecule has 172 valence electrons. The second-order valence-corrected chi connectivity index (χ2v) is 8.70. The summed E-state index contributed by atoms with van der Waals surface area (Å²) in [6, 6.07) is 6.71. The minimum atomic E-state index is -1.18. The summed E-state index contributed by atoms with van der Waals surface area (Å²) in [6.45, 7) is 0.975. The lowest BCUT2D eigenvalue weighted by molar-refractivity contribution is -0.134. The van der Waals surface area contributed by atoms with Crippen molar-refractivity contribution in [3.8, 4) is 0 Å². The van der Waals surface area contributed by atoms with E-state index in [4.69, 9.17) is 9.47 Å².